The fraction of sp³-hybridized carbons (Fsp3) is 0.348. The van der Waals surface area contributed by atoms with Gasteiger partial charge in [-0.05, 0) is 43.5 Å². The molecule has 1 aliphatic heterocycles. The van der Waals surface area contributed by atoms with E-state index in [0.717, 1.165) is 46.9 Å². The number of nitrogens with zero attached hydrogens (tertiary/aromatic N) is 5. The van der Waals surface area contributed by atoms with Crippen molar-refractivity contribution in [2.75, 3.05) is 11.4 Å². The Kier molecular flexibility index (Phi) is 5.70. The lowest BCUT2D eigenvalue weighted by molar-refractivity contribution is -0.123. The van der Waals surface area contributed by atoms with E-state index < -0.39 is 0 Å². The maximum atomic E-state index is 12.7. The van der Waals surface area contributed by atoms with Gasteiger partial charge in [-0.1, -0.05) is 6.07 Å². The highest BCUT2D eigenvalue weighted by molar-refractivity contribution is 5.95. The van der Waals surface area contributed by atoms with Gasteiger partial charge in [-0.15, -0.1) is 0 Å². The quantitative estimate of drug-likeness (QED) is 0.631. The Bertz CT molecular complexity index is 1070. The van der Waals surface area contributed by atoms with Gasteiger partial charge in [0, 0.05) is 62.6 Å². The molecule has 4 heterocycles. The summed E-state index contributed by atoms with van der Waals surface area (Å²) in [6.45, 7) is 5.42. The Morgan fingerprint density at radius 1 is 1.03 bits per heavy atom. The molecule has 0 N–H and O–H groups in total. The summed E-state index contributed by atoms with van der Waals surface area (Å²) in [5.41, 5.74) is 4.61. The third kappa shape index (κ3) is 4.45. The highest BCUT2D eigenvalue weighted by Crippen LogP contribution is 2.23. The summed E-state index contributed by atoms with van der Waals surface area (Å²) in [6.07, 6.45) is 6.90. The van der Waals surface area contributed by atoms with Gasteiger partial charge in [0.05, 0.1) is 11.4 Å². The van der Waals surface area contributed by atoms with Gasteiger partial charge in [-0.2, -0.15) is 5.10 Å². The molecule has 0 saturated heterocycles. The van der Waals surface area contributed by atoms with Crippen LogP contribution in [0.15, 0.2) is 42.9 Å². The lowest BCUT2D eigenvalue weighted by Gasteiger charge is -2.27. The molecule has 7 nitrogen and oxygen atoms in total. The van der Waals surface area contributed by atoms with E-state index in [4.69, 9.17) is 0 Å². The van der Waals surface area contributed by atoms with Crippen molar-refractivity contribution in [1.29, 1.82) is 0 Å². The van der Waals surface area contributed by atoms with Crippen LogP contribution in [-0.4, -0.2) is 38.0 Å². The van der Waals surface area contributed by atoms with Crippen LogP contribution in [0.3, 0.4) is 0 Å². The SMILES string of the molecule is Cc1cncc(-c2ccc(CC(=O)CCC(=O)N3CCCn4nc(C)cc43)cn2)c1. The molecule has 0 spiro atoms. The van der Waals surface area contributed by atoms with Gasteiger partial charge in [0.15, 0.2) is 0 Å². The number of rotatable bonds is 6. The summed E-state index contributed by atoms with van der Waals surface area (Å²) >= 11 is 0. The van der Waals surface area contributed by atoms with Crippen molar-refractivity contribution in [3.63, 3.8) is 0 Å². The lowest BCUT2D eigenvalue weighted by atomic mass is 10.1. The molecule has 0 aromatic carbocycles. The Hall–Kier alpha value is -3.35. The van der Waals surface area contributed by atoms with Gasteiger partial charge < -0.3 is 0 Å². The molecule has 3 aromatic rings. The topological polar surface area (TPSA) is 81.0 Å². The van der Waals surface area contributed by atoms with Crippen molar-refractivity contribution in [3.8, 4) is 11.3 Å². The van der Waals surface area contributed by atoms with Gasteiger partial charge in [0.2, 0.25) is 5.91 Å². The van der Waals surface area contributed by atoms with Crippen LogP contribution >= 0.6 is 0 Å². The molecular formula is C23H25N5O2. The minimum Gasteiger partial charge on any atom is -0.299 e. The molecule has 0 atom stereocenters. The highest BCUT2D eigenvalue weighted by Gasteiger charge is 2.24. The van der Waals surface area contributed by atoms with Crippen LogP contribution in [0.5, 0.6) is 0 Å². The Morgan fingerprint density at radius 3 is 2.67 bits per heavy atom. The second kappa shape index (κ2) is 8.57. The van der Waals surface area contributed by atoms with Crippen molar-refractivity contribution in [1.82, 2.24) is 19.7 Å². The van der Waals surface area contributed by atoms with Crippen LogP contribution < -0.4 is 4.90 Å². The number of pyridine rings is 2. The maximum Gasteiger partial charge on any atom is 0.228 e. The van der Waals surface area contributed by atoms with Crippen LogP contribution in [0.1, 0.15) is 36.1 Å². The average molecular weight is 403 g/mol. The predicted molar refractivity (Wildman–Crippen MR) is 114 cm³/mol. The zero-order chi connectivity index (χ0) is 21.1. The number of fused-ring (bicyclic) bond motifs is 1. The first-order valence-corrected chi connectivity index (χ1v) is 10.2. The van der Waals surface area contributed by atoms with E-state index in [1.807, 2.05) is 42.8 Å². The van der Waals surface area contributed by atoms with E-state index in [-0.39, 0.29) is 31.0 Å². The second-order valence-corrected chi connectivity index (χ2v) is 7.78. The summed E-state index contributed by atoms with van der Waals surface area (Å²) in [5.74, 6) is 0.850. The first-order valence-electron chi connectivity index (χ1n) is 10.2. The third-order valence-corrected chi connectivity index (χ3v) is 5.22. The number of aryl methyl sites for hydroxylation is 3. The summed E-state index contributed by atoms with van der Waals surface area (Å²) in [7, 11) is 0. The average Bonchev–Trinajstić information content (AvgIpc) is 3.12. The number of anilines is 1. The van der Waals surface area contributed by atoms with E-state index >= 15 is 0 Å². The molecule has 0 fully saturated rings. The summed E-state index contributed by atoms with van der Waals surface area (Å²) in [5, 5.41) is 4.41. The van der Waals surface area contributed by atoms with Crippen LogP contribution in [0, 0.1) is 13.8 Å². The zero-order valence-corrected chi connectivity index (χ0v) is 17.3. The predicted octanol–water partition coefficient (Wildman–Crippen LogP) is 3.29. The van der Waals surface area contributed by atoms with E-state index in [9.17, 15) is 9.59 Å². The first kappa shape index (κ1) is 19.9. The van der Waals surface area contributed by atoms with E-state index in [1.165, 1.54) is 0 Å². The Labute approximate surface area is 175 Å². The molecule has 30 heavy (non-hydrogen) atoms. The molecule has 7 heteroatoms. The van der Waals surface area contributed by atoms with Crippen molar-refractivity contribution in [3.05, 3.63) is 59.7 Å². The monoisotopic (exact) mass is 403 g/mol. The summed E-state index contributed by atoms with van der Waals surface area (Å²) < 4.78 is 1.87. The molecule has 0 saturated carbocycles. The second-order valence-electron chi connectivity index (χ2n) is 7.78. The molecule has 3 aromatic heterocycles. The van der Waals surface area contributed by atoms with Crippen LogP contribution in [-0.2, 0) is 22.6 Å². The van der Waals surface area contributed by atoms with Gasteiger partial charge in [-0.3, -0.25) is 24.5 Å². The van der Waals surface area contributed by atoms with Gasteiger partial charge >= 0.3 is 0 Å². The van der Waals surface area contributed by atoms with Crippen molar-refractivity contribution in [2.45, 2.75) is 46.1 Å². The van der Waals surface area contributed by atoms with Crippen molar-refractivity contribution < 1.29 is 9.59 Å². The molecule has 1 amide bonds. The number of hydrogen-bond donors (Lipinski definition) is 0. The van der Waals surface area contributed by atoms with E-state index in [0.29, 0.717) is 6.54 Å². The Balaban J connectivity index is 1.32. The number of carbonyl (C=O) groups is 2. The van der Waals surface area contributed by atoms with Crippen LogP contribution in [0.2, 0.25) is 0 Å². The number of carbonyl (C=O) groups excluding carboxylic acids is 2. The third-order valence-electron chi connectivity index (χ3n) is 5.22. The molecular weight excluding hydrogens is 378 g/mol. The van der Waals surface area contributed by atoms with E-state index in [2.05, 4.69) is 15.1 Å². The van der Waals surface area contributed by atoms with Crippen LogP contribution in [0.25, 0.3) is 11.3 Å². The number of aromatic nitrogens is 4. The molecule has 154 valence electrons. The first-order chi connectivity index (χ1) is 14.5. The van der Waals surface area contributed by atoms with Gasteiger partial charge in [0.1, 0.15) is 11.6 Å². The fourth-order valence-corrected chi connectivity index (χ4v) is 3.75. The molecule has 0 unspecified atom stereocenters. The lowest BCUT2D eigenvalue weighted by Crippen LogP contribution is -2.37. The minimum atomic E-state index is -0.0235. The number of Topliss-reactive ketones (excluding diaryl/α,β-unsaturated/α-hetero) is 1. The van der Waals surface area contributed by atoms with Gasteiger partial charge in [0.25, 0.3) is 0 Å². The highest BCUT2D eigenvalue weighted by atomic mass is 16.2. The number of hydrogen-bond acceptors (Lipinski definition) is 5. The molecule has 4 rings (SSSR count). The standard InChI is InChI=1S/C23H25N5O2/c1-16-10-19(15-24-13-16)21-6-4-18(14-25-21)12-20(29)5-7-23(30)27-8-3-9-28-22(27)11-17(2)26-28/h4,6,10-11,13-15H,3,5,7-9,12H2,1-2H3. The Morgan fingerprint density at radius 2 is 1.90 bits per heavy atom. The van der Waals surface area contributed by atoms with Crippen LogP contribution in [0.4, 0.5) is 5.82 Å². The number of amides is 1. The normalized spacial score (nSPS) is 13.2. The van der Waals surface area contributed by atoms with E-state index in [1.54, 1.807) is 23.5 Å². The molecule has 0 bridgehead atoms. The van der Waals surface area contributed by atoms with Crippen molar-refractivity contribution >= 4 is 17.5 Å². The maximum absolute atomic E-state index is 12.7. The summed E-state index contributed by atoms with van der Waals surface area (Å²) in [6, 6.07) is 7.77. The minimum absolute atomic E-state index is 0.0235. The smallest absolute Gasteiger partial charge is 0.228 e. The van der Waals surface area contributed by atoms with Gasteiger partial charge in [-0.25, -0.2) is 4.68 Å². The zero-order valence-electron chi connectivity index (χ0n) is 17.3. The molecule has 0 aliphatic carbocycles. The largest absolute Gasteiger partial charge is 0.299 e. The summed E-state index contributed by atoms with van der Waals surface area (Å²) in [4.78, 5) is 35.5. The molecule has 0 radical (unpaired) electrons. The fourth-order valence-electron chi connectivity index (χ4n) is 3.75. The molecule has 1 aliphatic rings. The number of ketones is 1. The van der Waals surface area contributed by atoms with Crippen molar-refractivity contribution in [2.24, 2.45) is 0 Å².